The first-order valence-corrected chi connectivity index (χ1v) is 7.77. The molecule has 1 aliphatic heterocycles. The van der Waals surface area contributed by atoms with E-state index >= 15 is 0 Å². The lowest BCUT2D eigenvalue weighted by Crippen LogP contribution is -2.59. The molecule has 1 saturated heterocycles. The highest BCUT2D eigenvalue weighted by molar-refractivity contribution is 7.80. The molecule has 0 atom stereocenters. The Balaban J connectivity index is 2.20. The van der Waals surface area contributed by atoms with E-state index in [2.05, 4.69) is 23.6 Å². The minimum atomic E-state index is -0.164. The molecule has 112 valence electrons. The normalized spacial score (nSPS) is 18.7. The van der Waals surface area contributed by atoms with E-state index in [4.69, 9.17) is 23.1 Å². The number of hydrogen-bond acceptors (Lipinski definition) is 4. The van der Waals surface area contributed by atoms with Gasteiger partial charge < -0.3 is 15.7 Å². The molecule has 4 nitrogen and oxygen atoms in total. The Morgan fingerprint density at radius 3 is 2.21 bits per heavy atom. The summed E-state index contributed by atoms with van der Waals surface area (Å²) in [6, 6.07) is 0. The van der Waals surface area contributed by atoms with Crippen molar-refractivity contribution in [3.05, 3.63) is 0 Å². The van der Waals surface area contributed by atoms with Crippen molar-refractivity contribution < 1.29 is 5.11 Å². The van der Waals surface area contributed by atoms with Crippen molar-refractivity contribution >= 4 is 17.2 Å². The Bertz CT molecular complexity index is 276. The van der Waals surface area contributed by atoms with Gasteiger partial charge in [-0.2, -0.15) is 0 Å². The maximum Gasteiger partial charge on any atom is 0.0928 e. The van der Waals surface area contributed by atoms with Crippen molar-refractivity contribution in [3.63, 3.8) is 0 Å². The van der Waals surface area contributed by atoms with Crippen LogP contribution in [0, 0.1) is 0 Å². The lowest BCUT2D eigenvalue weighted by atomic mass is 10.0. The zero-order chi connectivity index (χ0) is 14.3. The Morgan fingerprint density at radius 1 is 1.11 bits per heavy atom. The second-order valence-electron chi connectivity index (χ2n) is 5.89. The first kappa shape index (κ1) is 16.8. The molecular weight excluding hydrogens is 258 g/mol. The predicted octanol–water partition coefficient (Wildman–Crippen LogP) is 1.22. The Hall–Kier alpha value is -0.230. The van der Waals surface area contributed by atoms with E-state index in [-0.39, 0.29) is 5.54 Å². The summed E-state index contributed by atoms with van der Waals surface area (Å²) in [7, 11) is 0. The smallest absolute Gasteiger partial charge is 0.0928 e. The summed E-state index contributed by atoms with van der Waals surface area (Å²) in [4.78, 5) is 5.49. The van der Waals surface area contributed by atoms with E-state index < -0.39 is 0 Å². The molecule has 0 aromatic heterocycles. The van der Waals surface area contributed by atoms with E-state index in [1.807, 2.05) is 0 Å². The van der Waals surface area contributed by atoms with Crippen LogP contribution >= 0.6 is 12.2 Å². The first-order chi connectivity index (χ1) is 8.98. The second kappa shape index (κ2) is 8.15. The molecule has 0 radical (unpaired) electrons. The quantitative estimate of drug-likeness (QED) is 0.519. The van der Waals surface area contributed by atoms with Crippen molar-refractivity contribution in [1.29, 1.82) is 0 Å². The van der Waals surface area contributed by atoms with Crippen LogP contribution in [0.25, 0.3) is 0 Å². The molecule has 0 amide bonds. The maximum absolute atomic E-state index is 8.73. The van der Waals surface area contributed by atoms with Gasteiger partial charge in [0.2, 0.25) is 0 Å². The van der Waals surface area contributed by atoms with Crippen LogP contribution in [0.15, 0.2) is 0 Å². The van der Waals surface area contributed by atoms with E-state index in [1.54, 1.807) is 0 Å². The molecule has 1 heterocycles. The maximum atomic E-state index is 8.73. The molecule has 0 aliphatic carbocycles. The number of nitrogens with two attached hydrogens (primary N) is 1. The summed E-state index contributed by atoms with van der Waals surface area (Å²) in [6.45, 7) is 10.0. The highest BCUT2D eigenvalue weighted by Gasteiger charge is 2.31. The monoisotopic (exact) mass is 287 g/mol. The minimum Gasteiger partial charge on any atom is -0.396 e. The van der Waals surface area contributed by atoms with Crippen LogP contribution in [0.5, 0.6) is 0 Å². The van der Waals surface area contributed by atoms with Gasteiger partial charge in [-0.1, -0.05) is 25.1 Å². The third kappa shape index (κ3) is 5.34. The number of hydrogen-bond donors (Lipinski definition) is 2. The van der Waals surface area contributed by atoms with Gasteiger partial charge in [-0.15, -0.1) is 0 Å². The number of aliphatic hydroxyl groups excluding tert-OH is 1. The van der Waals surface area contributed by atoms with Crippen molar-refractivity contribution in [3.8, 4) is 0 Å². The number of aliphatic hydroxyl groups is 1. The van der Waals surface area contributed by atoms with Gasteiger partial charge in [0, 0.05) is 32.8 Å². The lowest BCUT2D eigenvalue weighted by Gasteiger charge is -2.43. The number of nitrogens with zero attached hydrogens (tertiary/aromatic N) is 2. The SMILES string of the molecule is CC(C)(C(N)=S)N1CCN(CCCCCCO)CC1. The molecule has 5 heteroatoms. The van der Waals surface area contributed by atoms with Gasteiger partial charge in [-0.25, -0.2) is 0 Å². The summed E-state index contributed by atoms with van der Waals surface area (Å²) in [5, 5.41) is 8.73. The summed E-state index contributed by atoms with van der Waals surface area (Å²) in [5.41, 5.74) is 5.65. The van der Waals surface area contributed by atoms with E-state index in [1.165, 1.54) is 19.4 Å². The van der Waals surface area contributed by atoms with Crippen LogP contribution in [0.3, 0.4) is 0 Å². The van der Waals surface area contributed by atoms with Crippen molar-refractivity contribution in [2.75, 3.05) is 39.3 Å². The fourth-order valence-electron chi connectivity index (χ4n) is 2.49. The topological polar surface area (TPSA) is 52.7 Å². The average Bonchev–Trinajstić information content (AvgIpc) is 2.39. The van der Waals surface area contributed by atoms with Crippen LogP contribution in [-0.4, -0.2) is 64.8 Å². The van der Waals surface area contributed by atoms with Gasteiger partial charge in [-0.3, -0.25) is 4.90 Å². The highest BCUT2D eigenvalue weighted by Crippen LogP contribution is 2.17. The van der Waals surface area contributed by atoms with Gasteiger partial charge in [0.15, 0.2) is 0 Å². The van der Waals surface area contributed by atoms with E-state index in [0.29, 0.717) is 11.6 Å². The first-order valence-electron chi connectivity index (χ1n) is 7.36. The fourth-order valence-corrected chi connectivity index (χ4v) is 2.62. The van der Waals surface area contributed by atoms with Crippen LogP contribution in [0.2, 0.25) is 0 Å². The summed E-state index contributed by atoms with van der Waals surface area (Å²) in [5.74, 6) is 0. The molecule has 3 N–H and O–H groups in total. The van der Waals surface area contributed by atoms with Crippen LogP contribution in [0.1, 0.15) is 39.5 Å². The summed E-state index contributed by atoms with van der Waals surface area (Å²) in [6.07, 6.45) is 4.54. The largest absolute Gasteiger partial charge is 0.396 e. The van der Waals surface area contributed by atoms with Crippen molar-refractivity contribution in [1.82, 2.24) is 9.80 Å². The van der Waals surface area contributed by atoms with Gasteiger partial charge in [0.1, 0.15) is 0 Å². The second-order valence-corrected chi connectivity index (χ2v) is 6.33. The zero-order valence-corrected chi connectivity index (χ0v) is 13.2. The zero-order valence-electron chi connectivity index (χ0n) is 12.4. The van der Waals surface area contributed by atoms with Crippen LogP contribution < -0.4 is 5.73 Å². The highest BCUT2D eigenvalue weighted by atomic mass is 32.1. The van der Waals surface area contributed by atoms with Crippen molar-refractivity contribution in [2.24, 2.45) is 5.73 Å². The number of thiocarbonyl (C=S) groups is 1. The number of unbranched alkanes of at least 4 members (excludes halogenated alkanes) is 3. The molecular formula is C14H29N3OS. The molecule has 1 rings (SSSR count). The summed E-state index contributed by atoms with van der Waals surface area (Å²) >= 11 is 5.15. The van der Waals surface area contributed by atoms with E-state index in [0.717, 1.165) is 39.0 Å². The van der Waals surface area contributed by atoms with Gasteiger partial charge >= 0.3 is 0 Å². The fraction of sp³-hybridized carbons (Fsp3) is 0.929. The standard InChI is InChI=1S/C14H29N3OS/c1-14(2,13(15)19)17-10-8-16(9-11-17)7-5-3-4-6-12-18/h18H,3-12H2,1-2H3,(H2,15,19). The summed E-state index contributed by atoms with van der Waals surface area (Å²) < 4.78 is 0. The predicted molar refractivity (Wildman–Crippen MR) is 84.4 cm³/mol. The molecule has 19 heavy (non-hydrogen) atoms. The Kier molecular flexibility index (Phi) is 7.21. The van der Waals surface area contributed by atoms with Gasteiger partial charge in [0.25, 0.3) is 0 Å². The molecule has 0 aromatic rings. The average molecular weight is 287 g/mol. The molecule has 1 fully saturated rings. The Labute approximate surface area is 122 Å². The van der Waals surface area contributed by atoms with Crippen molar-refractivity contribution in [2.45, 2.75) is 45.1 Å². The third-order valence-electron chi connectivity index (χ3n) is 4.15. The van der Waals surface area contributed by atoms with Crippen LogP contribution in [-0.2, 0) is 0 Å². The van der Waals surface area contributed by atoms with Gasteiger partial charge in [-0.05, 0) is 33.2 Å². The molecule has 0 unspecified atom stereocenters. The molecule has 1 aliphatic rings. The van der Waals surface area contributed by atoms with Crippen LogP contribution in [0.4, 0.5) is 0 Å². The number of piperazine rings is 1. The molecule has 0 aromatic carbocycles. The molecule has 0 saturated carbocycles. The Morgan fingerprint density at radius 2 is 1.68 bits per heavy atom. The van der Waals surface area contributed by atoms with Gasteiger partial charge in [0.05, 0.1) is 10.5 Å². The third-order valence-corrected chi connectivity index (χ3v) is 4.65. The molecule has 0 bridgehead atoms. The minimum absolute atomic E-state index is 0.164. The molecule has 0 spiro atoms. The number of rotatable bonds is 8. The van der Waals surface area contributed by atoms with E-state index in [9.17, 15) is 0 Å². The lowest BCUT2D eigenvalue weighted by molar-refractivity contribution is 0.0849.